The van der Waals surface area contributed by atoms with E-state index in [1.54, 1.807) is 6.26 Å². The highest BCUT2D eigenvalue weighted by molar-refractivity contribution is 7.84. The van der Waals surface area contributed by atoms with Crippen molar-refractivity contribution in [2.75, 3.05) is 38.3 Å². The predicted molar refractivity (Wildman–Crippen MR) is 73.3 cm³/mol. The van der Waals surface area contributed by atoms with E-state index >= 15 is 0 Å². The summed E-state index contributed by atoms with van der Waals surface area (Å²) in [5.74, 6) is 0.722. The van der Waals surface area contributed by atoms with Crippen LogP contribution in [-0.4, -0.2) is 47.6 Å². The van der Waals surface area contributed by atoms with Crippen LogP contribution in [0.2, 0.25) is 0 Å². The van der Waals surface area contributed by atoms with Crippen LogP contribution < -0.4 is 10.6 Å². The molecule has 0 radical (unpaired) electrons. The molecule has 0 aromatic rings. The molecule has 1 unspecified atom stereocenters. The molecule has 0 aromatic carbocycles. The average Bonchev–Trinajstić information content (AvgIpc) is 2.24. The van der Waals surface area contributed by atoms with E-state index in [0.717, 1.165) is 44.9 Å². The molecular weight excluding hydrogens is 244 g/mol. The Morgan fingerprint density at radius 2 is 1.94 bits per heavy atom. The van der Waals surface area contributed by atoms with Gasteiger partial charge in [0.25, 0.3) is 0 Å². The van der Waals surface area contributed by atoms with Gasteiger partial charge in [0, 0.05) is 49.1 Å². The first-order valence-electron chi connectivity index (χ1n) is 5.56. The second-order valence-electron chi connectivity index (χ2n) is 3.36. The molecule has 1 atom stereocenters. The van der Waals surface area contributed by atoms with Crippen molar-refractivity contribution in [2.45, 2.75) is 19.8 Å². The quantitative estimate of drug-likeness (QED) is 0.474. The molecule has 0 heterocycles. The van der Waals surface area contributed by atoms with Crippen molar-refractivity contribution in [3.63, 3.8) is 0 Å². The Labute approximate surface area is 106 Å². The third-order valence-electron chi connectivity index (χ3n) is 1.85. The summed E-state index contributed by atoms with van der Waals surface area (Å²) in [5, 5.41) is 6.83. The smallest absolute Gasteiger partial charge is 0.166 e. The lowest BCUT2D eigenvalue weighted by Crippen LogP contribution is -2.36. The number of hydrogen-bond acceptors (Lipinski definition) is 3. The molecule has 6 heteroatoms. The van der Waals surface area contributed by atoms with E-state index in [1.165, 1.54) is 0 Å². The van der Waals surface area contributed by atoms with Gasteiger partial charge in [-0.3, -0.25) is 4.21 Å². The SMILES string of the molecule is CCOCCCNC(=S)NCCCS(C)=O. The van der Waals surface area contributed by atoms with E-state index in [9.17, 15) is 4.21 Å². The minimum Gasteiger partial charge on any atom is -0.382 e. The van der Waals surface area contributed by atoms with Crippen LogP contribution in [0.1, 0.15) is 19.8 Å². The molecule has 0 aliphatic heterocycles. The minimum absolute atomic E-state index is 0.665. The summed E-state index contributed by atoms with van der Waals surface area (Å²) in [7, 11) is -0.710. The van der Waals surface area contributed by atoms with Gasteiger partial charge in [-0.2, -0.15) is 0 Å². The fourth-order valence-corrected chi connectivity index (χ4v) is 1.82. The summed E-state index contributed by atoms with van der Waals surface area (Å²) < 4.78 is 16.0. The standard InChI is InChI=1S/C10H22N2O2S2/c1-3-14-8-4-6-11-10(15)12-7-5-9-16(2)13/h3-9H2,1-2H3,(H2,11,12,15). The molecule has 0 spiro atoms. The van der Waals surface area contributed by atoms with Crippen molar-refractivity contribution in [3.8, 4) is 0 Å². The van der Waals surface area contributed by atoms with E-state index in [4.69, 9.17) is 17.0 Å². The summed E-state index contributed by atoms with van der Waals surface area (Å²) in [5.41, 5.74) is 0. The Morgan fingerprint density at radius 1 is 1.31 bits per heavy atom. The minimum atomic E-state index is -0.710. The molecule has 0 rings (SSSR count). The second-order valence-corrected chi connectivity index (χ2v) is 5.33. The van der Waals surface area contributed by atoms with Crippen LogP contribution in [-0.2, 0) is 15.5 Å². The first kappa shape index (κ1) is 15.8. The Hall–Kier alpha value is -0.200. The maximum Gasteiger partial charge on any atom is 0.166 e. The third-order valence-corrected chi connectivity index (χ3v) is 3.00. The van der Waals surface area contributed by atoms with Crippen LogP contribution in [0, 0.1) is 0 Å². The van der Waals surface area contributed by atoms with E-state index in [1.807, 2.05) is 6.92 Å². The van der Waals surface area contributed by atoms with Crippen molar-refractivity contribution in [2.24, 2.45) is 0 Å². The molecule has 16 heavy (non-hydrogen) atoms. The molecule has 4 nitrogen and oxygen atoms in total. The van der Waals surface area contributed by atoms with E-state index in [-0.39, 0.29) is 0 Å². The highest BCUT2D eigenvalue weighted by Crippen LogP contribution is 1.83. The summed E-state index contributed by atoms with van der Waals surface area (Å²) in [6, 6.07) is 0. The van der Waals surface area contributed by atoms with Crippen molar-refractivity contribution in [1.82, 2.24) is 10.6 Å². The van der Waals surface area contributed by atoms with Crippen LogP contribution >= 0.6 is 12.2 Å². The number of ether oxygens (including phenoxy) is 1. The van der Waals surface area contributed by atoms with Gasteiger partial charge in [0.05, 0.1) is 0 Å². The van der Waals surface area contributed by atoms with Gasteiger partial charge in [-0.1, -0.05) is 0 Å². The summed E-state index contributed by atoms with van der Waals surface area (Å²) in [6.45, 7) is 5.11. The van der Waals surface area contributed by atoms with Gasteiger partial charge < -0.3 is 15.4 Å². The maximum absolute atomic E-state index is 10.8. The normalized spacial score (nSPS) is 12.1. The Kier molecular flexibility index (Phi) is 11.1. The Morgan fingerprint density at radius 3 is 2.50 bits per heavy atom. The lowest BCUT2D eigenvalue weighted by Gasteiger charge is -2.09. The van der Waals surface area contributed by atoms with Crippen LogP contribution in [0.25, 0.3) is 0 Å². The van der Waals surface area contributed by atoms with Crippen LogP contribution in [0.4, 0.5) is 0 Å². The zero-order valence-corrected chi connectivity index (χ0v) is 11.7. The van der Waals surface area contributed by atoms with Crippen LogP contribution in [0.15, 0.2) is 0 Å². The lowest BCUT2D eigenvalue weighted by atomic mass is 10.4. The van der Waals surface area contributed by atoms with Gasteiger partial charge in [0.15, 0.2) is 5.11 Å². The number of hydrogen-bond donors (Lipinski definition) is 2. The topological polar surface area (TPSA) is 50.4 Å². The summed E-state index contributed by atoms with van der Waals surface area (Å²) in [6.07, 6.45) is 3.54. The molecule has 0 saturated carbocycles. The molecule has 0 aliphatic carbocycles. The van der Waals surface area contributed by atoms with Gasteiger partial charge in [-0.25, -0.2) is 0 Å². The molecule has 2 N–H and O–H groups in total. The van der Waals surface area contributed by atoms with Gasteiger partial charge in [-0.05, 0) is 32.0 Å². The average molecular weight is 266 g/mol. The van der Waals surface area contributed by atoms with Crippen molar-refractivity contribution < 1.29 is 8.95 Å². The van der Waals surface area contributed by atoms with Crippen LogP contribution in [0.3, 0.4) is 0 Å². The van der Waals surface area contributed by atoms with Crippen molar-refractivity contribution in [1.29, 1.82) is 0 Å². The fraction of sp³-hybridized carbons (Fsp3) is 0.900. The number of thiocarbonyl (C=S) groups is 1. The van der Waals surface area contributed by atoms with E-state index in [0.29, 0.717) is 5.11 Å². The molecule has 0 saturated heterocycles. The molecule has 0 aliphatic rings. The van der Waals surface area contributed by atoms with E-state index in [2.05, 4.69) is 10.6 Å². The van der Waals surface area contributed by atoms with Crippen molar-refractivity contribution >= 4 is 28.1 Å². The number of nitrogens with one attached hydrogen (secondary N) is 2. The first-order valence-corrected chi connectivity index (χ1v) is 7.69. The molecule has 0 bridgehead atoms. The molecule has 0 fully saturated rings. The van der Waals surface area contributed by atoms with E-state index < -0.39 is 10.8 Å². The first-order chi connectivity index (χ1) is 7.66. The Bertz CT molecular complexity index is 213. The predicted octanol–water partition coefficient (Wildman–Crippen LogP) is 0.646. The molecular formula is C10H22N2O2S2. The maximum atomic E-state index is 10.8. The summed E-state index contributed by atoms with van der Waals surface area (Å²) >= 11 is 5.07. The second kappa shape index (κ2) is 11.3. The molecule has 96 valence electrons. The fourth-order valence-electron chi connectivity index (χ4n) is 1.06. The zero-order chi connectivity index (χ0) is 12.2. The molecule has 0 aromatic heterocycles. The van der Waals surface area contributed by atoms with Gasteiger partial charge in [-0.15, -0.1) is 0 Å². The summed E-state index contributed by atoms with van der Waals surface area (Å²) in [4.78, 5) is 0. The van der Waals surface area contributed by atoms with Gasteiger partial charge in [0.2, 0.25) is 0 Å². The Balaban J connectivity index is 3.21. The van der Waals surface area contributed by atoms with Gasteiger partial charge >= 0.3 is 0 Å². The lowest BCUT2D eigenvalue weighted by molar-refractivity contribution is 0.145. The third kappa shape index (κ3) is 11.9. The monoisotopic (exact) mass is 266 g/mol. The largest absolute Gasteiger partial charge is 0.382 e. The van der Waals surface area contributed by atoms with Gasteiger partial charge in [0.1, 0.15) is 0 Å². The van der Waals surface area contributed by atoms with Crippen molar-refractivity contribution in [3.05, 3.63) is 0 Å². The molecule has 0 amide bonds. The highest BCUT2D eigenvalue weighted by atomic mass is 32.2. The highest BCUT2D eigenvalue weighted by Gasteiger charge is 1.95. The van der Waals surface area contributed by atoms with Crippen LogP contribution in [0.5, 0.6) is 0 Å². The number of rotatable bonds is 9. The zero-order valence-electron chi connectivity index (χ0n) is 10.1.